The molecule has 0 N–H and O–H groups in total. The topological polar surface area (TPSA) is 0 Å². The van der Waals surface area contributed by atoms with Gasteiger partial charge in [-0.15, -0.1) is 0 Å². The normalized spacial score (nSPS) is 10.6. The van der Waals surface area contributed by atoms with Crippen molar-refractivity contribution >= 4 is 0 Å². The molecule has 0 radical (unpaired) electrons. The van der Waals surface area contributed by atoms with Crippen LogP contribution in [0.4, 0.5) is 0 Å². The fourth-order valence-corrected chi connectivity index (χ4v) is 1.46. The Labute approximate surface area is 93.3 Å². The second kappa shape index (κ2) is 6.23. The average molecular weight is 200 g/mol. The van der Waals surface area contributed by atoms with Crippen LogP contribution in [-0.4, -0.2) is 0 Å². The fraction of sp³-hybridized carbons (Fsp3) is 0.333. The van der Waals surface area contributed by atoms with Crippen molar-refractivity contribution in [3.63, 3.8) is 0 Å². The Balaban J connectivity index is 2.40. The molecule has 0 nitrogen and oxygen atoms in total. The predicted octanol–water partition coefficient (Wildman–Crippen LogP) is 4.45. The van der Waals surface area contributed by atoms with Crippen LogP contribution in [0.2, 0.25) is 0 Å². The number of aryl methyl sites for hydroxylation is 1. The highest BCUT2D eigenvalue weighted by atomic mass is 13.9. The summed E-state index contributed by atoms with van der Waals surface area (Å²) in [6.45, 7) is 6.40. The van der Waals surface area contributed by atoms with Gasteiger partial charge in [0.2, 0.25) is 0 Å². The Kier molecular flexibility index (Phi) is 4.89. The monoisotopic (exact) mass is 200 g/mol. The van der Waals surface area contributed by atoms with Crippen LogP contribution in [0.25, 0.3) is 0 Å². The molecule has 0 aliphatic rings. The summed E-state index contributed by atoms with van der Waals surface area (Å²) in [4.78, 5) is 0. The first-order chi connectivity index (χ1) is 7.18. The SMILES string of the molecule is CC(C)=CC/C=C/Cc1cccc(C)c1. The van der Waals surface area contributed by atoms with E-state index in [4.69, 9.17) is 0 Å². The second-order valence-electron chi connectivity index (χ2n) is 4.18. The van der Waals surface area contributed by atoms with Gasteiger partial charge in [-0.05, 0) is 39.2 Å². The van der Waals surface area contributed by atoms with Crippen molar-refractivity contribution in [1.29, 1.82) is 0 Å². The van der Waals surface area contributed by atoms with Gasteiger partial charge in [-0.1, -0.05) is 53.6 Å². The Hall–Kier alpha value is -1.30. The summed E-state index contributed by atoms with van der Waals surface area (Å²) in [6.07, 6.45) is 8.81. The molecule has 0 aliphatic carbocycles. The summed E-state index contributed by atoms with van der Waals surface area (Å²) >= 11 is 0. The van der Waals surface area contributed by atoms with Crippen LogP contribution < -0.4 is 0 Å². The van der Waals surface area contributed by atoms with E-state index in [0.717, 1.165) is 12.8 Å². The minimum Gasteiger partial charge on any atom is -0.0844 e. The second-order valence-corrected chi connectivity index (χ2v) is 4.18. The first-order valence-corrected chi connectivity index (χ1v) is 5.52. The Morgan fingerprint density at radius 2 is 2.00 bits per heavy atom. The lowest BCUT2D eigenvalue weighted by molar-refractivity contribution is 1.21. The molecule has 0 saturated carbocycles. The molecule has 0 aromatic heterocycles. The maximum Gasteiger partial charge on any atom is -0.00972 e. The van der Waals surface area contributed by atoms with Gasteiger partial charge in [-0.2, -0.15) is 0 Å². The van der Waals surface area contributed by atoms with E-state index < -0.39 is 0 Å². The minimum atomic E-state index is 1.04. The first kappa shape index (κ1) is 11.8. The Morgan fingerprint density at radius 3 is 2.67 bits per heavy atom. The molecule has 0 saturated heterocycles. The molecule has 80 valence electrons. The fourth-order valence-electron chi connectivity index (χ4n) is 1.46. The summed E-state index contributed by atoms with van der Waals surface area (Å²) in [5, 5.41) is 0. The summed E-state index contributed by atoms with van der Waals surface area (Å²) in [5.74, 6) is 0. The Morgan fingerprint density at radius 1 is 1.20 bits per heavy atom. The quantitative estimate of drug-likeness (QED) is 0.630. The van der Waals surface area contributed by atoms with E-state index in [2.05, 4.69) is 63.3 Å². The lowest BCUT2D eigenvalue weighted by Gasteiger charge is -1.97. The highest BCUT2D eigenvalue weighted by molar-refractivity contribution is 5.24. The summed E-state index contributed by atoms with van der Waals surface area (Å²) < 4.78 is 0. The third-order valence-electron chi connectivity index (χ3n) is 2.26. The molecule has 1 aromatic carbocycles. The van der Waals surface area contributed by atoms with E-state index in [-0.39, 0.29) is 0 Å². The number of allylic oxidation sites excluding steroid dienone is 4. The molecule has 0 bridgehead atoms. The zero-order chi connectivity index (χ0) is 11.1. The van der Waals surface area contributed by atoms with Crippen LogP contribution in [0, 0.1) is 6.92 Å². The van der Waals surface area contributed by atoms with E-state index in [0.29, 0.717) is 0 Å². The van der Waals surface area contributed by atoms with Crippen LogP contribution in [0.5, 0.6) is 0 Å². The van der Waals surface area contributed by atoms with Crippen LogP contribution in [-0.2, 0) is 6.42 Å². The lowest BCUT2D eigenvalue weighted by atomic mass is 10.1. The highest BCUT2D eigenvalue weighted by Crippen LogP contribution is 2.05. The van der Waals surface area contributed by atoms with Gasteiger partial charge < -0.3 is 0 Å². The summed E-state index contributed by atoms with van der Waals surface area (Å²) in [7, 11) is 0. The van der Waals surface area contributed by atoms with Gasteiger partial charge in [0.1, 0.15) is 0 Å². The van der Waals surface area contributed by atoms with Gasteiger partial charge in [0.15, 0.2) is 0 Å². The minimum absolute atomic E-state index is 1.04. The van der Waals surface area contributed by atoms with Crippen LogP contribution >= 0.6 is 0 Å². The standard InChI is InChI=1S/C15H20/c1-13(2)8-5-4-6-10-15-11-7-9-14(3)12-15/h4,6-9,11-12H,5,10H2,1-3H3/b6-4+. The van der Waals surface area contributed by atoms with Crippen LogP contribution in [0.3, 0.4) is 0 Å². The van der Waals surface area contributed by atoms with Gasteiger partial charge >= 0.3 is 0 Å². The number of hydrogen-bond acceptors (Lipinski definition) is 0. The molecule has 15 heavy (non-hydrogen) atoms. The molecule has 0 atom stereocenters. The molecule has 0 amide bonds. The largest absolute Gasteiger partial charge is 0.0844 e. The average Bonchev–Trinajstić information content (AvgIpc) is 2.17. The molecule has 0 unspecified atom stereocenters. The van der Waals surface area contributed by atoms with Crippen LogP contribution in [0.15, 0.2) is 48.1 Å². The van der Waals surface area contributed by atoms with Gasteiger partial charge in [-0.25, -0.2) is 0 Å². The van der Waals surface area contributed by atoms with E-state index in [1.165, 1.54) is 16.7 Å². The highest BCUT2D eigenvalue weighted by Gasteiger charge is 1.88. The van der Waals surface area contributed by atoms with Crippen molar-refractivity contribution in [3.05, 3.63) is 59.2 Å². The zero-order valence-electron chi connectivity index (χ0n) is 9.96. The predicted molar refractivity (Wildman–Crippen MR) is 68.1 cm³/mol. The summed E-state index contributed by atoms with van der Waals surface area (Å²) in [6, 6.07) is 8.68. The van der Waals surface area contributed by atoms with E-state index in [1.807, 2.05) is 0 Å². The van der Waals surface area contributed by atoms with E-state index in [1.54, 1.807) is 0 Å². The Bertz CT molecular complexity index is 352. The third kappa shape index (κ3) is 5.21. The van der Waals surface area contributed by atoms with Crippen molar-refractivity contribution in [2.45, 2.75) is 33.6 Å². The molecule has 0 aliphatic heterocycles. The maximum atomic E-state index is 2.24. The van der Waals surface area contributed by atoms with Gasteiger partial charge in [0.05, 0.1) is 0 Å². The van der Waals surface area contributed by atoms with Crippen molar-refractivity contribution in [2.75, 3.05) is 0 Å². The van der Waals surface area contributed by atoms with Crippen molar-refractivity contribution in [2.24, 2.45) is 0 Å². The number of rotatable bonds is 4. The van der Waals surface area contributed by atoms with Crippen molar-refractivity contribution < 1.29 is 0 Å². The molecule has 0 spiro atoms. The lowest BCUT2D eigenvalue weighted by Crippen LogP contribution is -1.81. The summed E-state index contributed by atoms with van der Waals surface area (Å²) in [5.41, 5.74) is 4.11. The van der Waals surface area contributed by atoms with Crippen LogP contribution in [0.1, 0.15) is 31.4 Å². The molecule has 1 rings (SSSR count). The number of benzene rings is 1. The van der Waals surface area contributed by atoms with Gasteiger partial charge in [0, 0.05) is 0 Å². The number of hydrogen-bond donors (Lipinski definition) is 0. The van der Waals surface area contributed by atoms with Crippen molar-refractivity contribution in [3.8, 4) is 0 Å². The maximum absolute atomic E-state index is 2.24. The molecule has 0 heteroatoms. The van der Waals surface area contributed by atoms with Gasteiger partial charge in [-0.3, -0.25) is 0 Å². The molecule has 1 aromatic rings. The smallest absolute Gasteiger partial charge is 0.00972 e. The third-order valence-corrected chi connectivity index (χ3v) is 2.26. The van der Waals surface area contributed by atoms with E-state index >= 15 is 0 Å². The molecular weight excluding hydrogens is 180 g/mol. The van der Waals surface area contributed by atoms with Crippen molar-refractivity contribution in [1.82, 2.24) is 0 Å². The van der Waals surface area contributed by atoms with E-state index in [9.17, 15) is 0 Å². The molecular formula is C15H20. The molecule has 0 heterocycles. The first-order valence-electron chi connectivity index (χ1n) is 5.52. The van der Waals surface area contributed by atoms with Gasteiger partial charge in [0.25, 0.3) is 0 Å². The molecule has 0 fully saturated rings. The zero-order valence-corrected chi connectivity index (χ0v) is 9.96.